The van der Waals surface area contributed by atoms with Crippen molar-refractivity contribution in [2.24, 2.45) is 5.92 Å². The minimum atomic E-state index is 0.666. The third-order valence-electron chi connectivity index (χ3n) is 4.41. The Morgan fingerprint density at radius 2 is 1.95 bits per heavy atom. The third kappa shape index (κ3) is 3.73. The molecule has 112 valence electrons. The number of likely N-dealkylation sites (tertiary alicyclic amines) is 1. The van der Waals surface area contributed by atoms with Crippen molar-refractivity contribution in [1.29, 1.82) is 0 Å². The highest BCUT2D eigenvalue weighted by Crippen LogP contribution is 2.22. The highest BCUT2D eigenvalue weighted by atomic mass is 16.5. The molecule has 1 aliphatic heterocycles. The van der Waals surface area contributed by atoms with Crippen molar-refractivity contribution in [1.82, 2.24) is 10.1 Å². The van der Waals surface area contributed by atoms with Crippen molar-refractivity contribution in [3.63, 3.8) is 0 Å². The van der Waals surface area contributed by atoms with Crippen molar-refractivity contribution in [2.45, 2.75) is 32.6 Å². The Morgan fingerprint density at radius 1 is 1.19 bits per heavy atom. The summed E-state index contributed by atoms with van der Waals surface area (Å²) in [5, 5.41) is 4.22. The first-order chi connectivity index (χ1) is 10.3. The van der Waals surface area contributed by atoms with Gasteiger partial charge in [0.05, 0.1) is 0 Å². The van der Waals surface area contributed by atoms with Crippen LogP contribution in [0.15, 0.2) is 40.9 Å². The van der Waals surface area contributed by atoms with Crippen LogP contribution in [0, 0.1) is 5.92 Å². The summed E-state index contributed by atoms with van der Waals surface area (Å²) < 4.78 is 5.55. The van der Waals surface area contributed by atoms with E-state index in [0.717, 1.165) is 23.4 Å². The Hall–Kier alpha value is -1.61. The van der Waals surface area contributed by atoms with E-state index in [0.29, 0.717) is 5.92 Å². The predicted molar refractivity (Wildman–Crippen MR) is 85.1 cm³/mol. The van der Waals surface area contributed by atoms with E-state index in [1.54, 1.807) is 0 Å². The molecule has 0 bridgehead atoms. The van der Waals surface area contributed by atoms with Crippen LogP contribution in [0.2, 0.25) is 0 Å². The molecule has 1 atom stereocenters. The van der Waals surface area contributed by atoms with Gasteiger partial charge >= 0.3 is 0 Å². The van der Waals surface area contributed by atoms with Gasteiger partial charge in [0.1, 0.15) is 11.5 Å². The van der Waals surface area contributed by atoms with Gasteiger partial charge in [-0.1, -0.05) is 48.8 Å². The average molecular weight is 284 g/mol. The molecule has 0 N–H and O–H groups in total. The molecular formula is C18H24N2O. The first-order valence-corrected chi connectivity index (χ1v) is 8.08. The van der Waals surface area contributed by atoms with Crippen LogP contribution in [0.1, 0.15) is 31.9 Å². The zero-order valence-corrected chi connectivity index (χ0v) is 12.8. The first-order valence-electron chi connectivity index (χ1n) is 8.08. The molecule has 2 aromatic rings. The minimum absolute atomic E-state index is 0.666. The van der Waals surface area contributed by atoms with E-state index in [1.807, 2.05) is 18.2 Å². The smallest absolute Gasteiger partial charge is 0.137 e. The summed E-state index contributed by atoms with van der Waals surface area (Å²) in [6.07, 6.45) is 4.90. The Labute approximate surface area is 126 Å². The maximum absolute atomic E-state index is 5.55. The standard InChI is InChI=1S/C18H24N2O/c1-2-15(14-20-10-6-7-11-20)12-17-13-18(19-21-17)16-8-4-3-5-9-16/h3-5,8-9,13,15H,2,6-7,10-12,14H2,1H3. The van der Waals surface area contributed by atoms with Gasteiger partial charge in [0, 0.05) is 24.6 Å². The molecule has 3 heteroatoms. The quantitative estimate of drug-likeness (QED) is 0.802. The molecule has 0 saturated carbocycles. The zero-order chi connectivity index (χ0) is 14.5. The van der Waals surface area contributed by atoms with Crippen LogP contribution in [0.25, 0.3) is 11.3 Å². The molecule has 0 spiro atoms. The van der Waals surface area contributed by atoms with Gasteiger partial charge in [0.25, 0.3) is 0 Å². The van der Waals surface area contributed by atoms with Crippen LogP contribution in [-0.2, 0) is 6.42 Å². The number of aromatic nitrogens is 1. The van der Waals surface area contributed by atoms with E-state index >= 15 is 0 Å². The third-order valence-corrected chi connectivity index (χ3v) is 4.41. The molecule has 1 aliphatic rings. The van der Waals surface area contributed by atoms with Gasteiger partial charge in [0.15, 0.2) is 0 Å². The van der Waals surface area contributed by atoms with E-state index < -0.39 is 0 Å². The fourth-order valence-electron chi connectivity index (χ4n) is 3.11. The lowest BCUT2D eigenvalue weighted by Gasteiger charge is -2.21. The molecule has 0 radical (unpaired) electrons. The van der Waals surface area contributed by atoms with Gasteiger partial charge < -0.3 is 9.42 Å². The van der Waals surface area contributed by atoms with Crippen molar-refractivity contribution < 1.29 is 4.52 Å². The van der Waals surface area contributed by atoms with Gasteiger partial charge in [0.2, 0.25) is 0 Å². The number of nitrogens with zero attached hydrogens (tertiary/aromatic N) is 2. The normalized spacial score (nSPS) is 17.2. The van der Waals surface area contributed by atoms with Gasteiger partial charge in [-0.05, 0) is 31.8 Å². The summed E-state index contributed by atoms with van der Waals surface area (Å²) in [7, 11) is 0. The fourth-order valence-corrected chi connectivity index (χ4v) is 3.11. The van der Waals surface area contributed by atoms with Crippen LogP contribution in [-0.4, -0.2) is 29.7 Å². The van der Waals surface area contributed by atoms with Crippen molar-refractivity contribution in [3.8, 4) is 11.3 Å². The zero-order valence-electron chi connectivity index (χ0n) is 12.8. The largest absolute Gasteiger partial charge is 0.361 e. The molecule has 1 unspecified atom stereocenters. The monoisotopic (exact) mass is 284 g/mol. The Bertz CT molecular complexity index is 543. The molecule has 1 aromatic heterocycles. The molecule has 2 heterocycles. The summed E-state index contributed by atoms with van der Waals surface area (Å²) in [6, 6.07) is 12.3. The second kappa shape index (κ2) is 6.90. The Morgan fingerprint density at radius 3 is 2.67 bits per heavy atom. The maximum atomic E-state index is 5.55. The van der Waals surface area contributed by atoms with Crippen LogP contribution in [0.3, 0.4) is 0 Å². The van der Waals surface area contributed by atoms with E-state index in [9.17, 15) is 0 Å². The SMILES string of the molecule is CCC(Cc1cc(-c2ccccc2)no1)CN1CCCC1. The topological polar surface area (TPSA) is 29.3 Å². The van der Waals surface area contributed by atoms with Gasteiger partial charge in [-0.2, -0.15) is 0 Å². The molecule has 1 saturated heterocycles. The molecule has 0 aliphatic carbocycles. The highest BCUT2D eigenvalue weighted by molar-refractivity contribution is 5.58. The van der Waals surface area contributed by atoms with Gasteiger partial charge in [-0.25, -0.2) is 0 Å². The van der Waals surface area contributed by atoms with E-state index in [2.05, 4.69) is 35.2 Å². The number of hydrogen-bond acceptors (Lipinski definition) is 3. The molecule has 0 amide bonds. The van der Waals surface area contributed by atoms with E-state index in [4.69, 9.17) is 4.52 Å². The first kappa shape index (κ1) is 14.3. The number of hydrogen-bond donors (Lipinski definition) is 0. The summed E-state index contributed by atoms with van der Waals surface area (Å²) in [4.78, 5) is 2.59. The second-order valence-electron chi connectivity index (χ2n) is 6.03. The van der Waals surface area contributed by atoms with Crippen molar-refractivity contribution in [3.05, 3.63) is 42.2 Å². The molecule has 1 aromatic carbocycles. The van der Waals surface area contributed by atoms with Crippen LogP contribution in [0.5, 0.6) is 0 Å². The van der Waals surface area contributed by atoms with Crippen LogP contribution < -0.4 is 0 Å². The maximum Gasteiger partial charge on any atom is 0.137 e. The lowest BCUT2D eigenvalue weighted by atomic mass is 9.99. The Balaban J connectivity index is 1.62. The van der Waals surface area contributed by atoms with E-state index in [1.165, 1.54) is 38.9 Å². The van der Waals surface area contributed by atoms with Crippen molar-refractivity contribution >= 4 is 0 Å². The average Bonchev–Trinajstić information content (AvgIpc) is 3.19. The second-order valence-corrected chi connectivity index (χ2v) is 6.03. The van der Waals surface area contributed by atoms with E-state index in [-0.39, 0.29) is 0 Å². The molecule has 3 rings (SSSR count). The highest BCUT2D eigenvalue weighted by Gasteiger charge is 2.18. The van der Waals surface area contributed by atoms with Crippen molar-refractivity contribution in [2.75, 3.05) is 19.6 Å². The lowest BCUT2D eigenvalue weighted by Crippen LogP contribution is -2.27. The summed E-state index contributed by atoms with van der Waals surface area (Å²) in [6.45, 7) is 6.00. The van der Waals surface area contributed by atoms with Gasteiger partial charge in [-0.15, -0.1) is 0 Å². The summed E-state index contributed by atoms with van der Waals surface area (Å²) >= 11 is 0. The summed E-state index contributed by atoms with van der Waals surface area (Å²) in [5.74, 6) is 1.68. The molecule has 3 nitrogen and oxygen atoms in total. The number of rotatable bonds is 6. The summed E-state index contributed by atoms with van der Waals surface area (Å²) in [5.41, 5.74) is 2.07. The molecule has 1 fully saturated rings. The molecule has 21 heavy (non-hydrogen) atoms. The lowest BCUT2D eigenvalue weighted by molar-refractivity contribution is 0.257. The van der Waals surface area contributed by atoms with Crippen LogP contribution in [0.4, 0.5) is 0 Å². The minimum Gasteiger partial charge on any atom is -0.361 e. The van der Waals surface area contributed by atoms with Crippen LogP contribution >= 0.6 is 0 Å². The number of benzene rings is 1. The Kier molecular flexibility index (Phi) is 4.71. The molecular weight excluding hydrogens is 260 g/mol. The van der Waals surface area contributed by atoms with Gasteiger partial charge in [-0.3, -0.25) is 0 Å². The fraction of sp³-hybridized carbons (Fsp3) is 0.500. The predicted octanol–water partition coefficient (Wildman–Crippen LogP) is 4.01.